The van der Waals surface area contributed by atoms with Crippen LogP contribution < -0.4 is 9.62 Å². The Kier molecular flexibility index (Phi) is 6.64. The maximum atomic E-state index is 14.9. The second-order valence-electron chi connectivity index (χ2n) is 8.85. The molecule has 4 rings (SSSR count). The van der Waals surface area contributed by atoms with Crippen LogP contribution in [0.2, 0.25) is 0 Å². The zero-order valence-corrected chi connectivity index (χ0v) is 18.8. The van der Waals surface area contributed by atoms with E-state index in [1.807, 2.05) is 0 Å². The van der Waals surface area contributed by atoms with E-state index in [0.29, 0.717) is 25.9 Å². The van der Waals surface area contributed by atoms with E-state index in [2.05, 4.69) is 14.7 Å². The Bertz CT molecular complexity index is 916. The molecular formula is C20H29F2N5O4S. The molecule has 3 heterocycles. The zero-order chi connectivity index (χ0) is 22.9. The van der Waals surface area contributed by atoms with Crippen LogP contribution in [0.5, 0.6) is 0 Å². The van der Waals surface area contributed by atoms with Gasteiger partial charge in [0.15, 0.2) is 0 Å². The monoisotopic (exact) mass is 473 g/mol. The Morgan fingerprint density at radius 2 is 1.94 bits per heavy atom. The molecule has 3 fully saturated rings. The molecule has 0 bridgehead atoms. The van der Waals surface area contributed by atoms with Crippen molar-refractivity contribution in [3.05, 3.63) is 18.5 Å². The number of likely N-dealkylation sites (tertiary alicyclic amines) is 1. The summed E-state index contributed by atoms with van der Waals surface area (Å²) in [6.07, 6.45) is 5.60. The number of nitrogens with zero attached hydrogens (tertiary/aromatic N) is 4. The van der Waals surface area contributed by atoms with Gasteiger partial charge >= 0.3 is 0 Å². The summed E-state index contributed by atoms with van der Waals surface area (Å²) in [4.78, 5) is 23.9. The summed E-state index contributed by atoms with van der Waals surface area (Å²) in [7, 11) is -3.53. The first kappa shape index (κ1) is 23.2. The van der Waals surface area contributed by atoms with Crippen molar-refractivity contribution in [2.24, 2.45) is 5.92 Å². The third kappa shape index (κ3) is 5.52. The molecule has 1 amide bonds. The van der Waals surface area contributed by atoms with E-state index in [1.165, 1.54) is 17.3 Å². The lowest BCUT2D eigenvalue weighted by atomic mass is 9.96. The fourth-order valence-corrected chi connectivity index (χ4v) is 5.30. The average Bonchev–Trinajstić information content (AvgIpc) is 3.57. The summed E-state index contributed by atoms with van der Waals surface area (Å²) >= 11 is 0. The Morgan fingerprint density at radius 3 is 2.56 bits per heavy atom. The molecule has 1 aliphatic carbocycles. The van der Waals surface area contributed by atoms with E-state index in [9.17, 15) is 22.0 Å². The molecule has 0 spiro atoms. The van der Waals surface area contributed by atoms with Crippen LogP contribution in [0.15, 0.2) is 18.5 Å². The number of hydrogen-bond acceptors (Lipinski definition) is 7. The highest BCUT2D eigenvalue weighted by Crippen LogP contribution is 2.35. The number of nitrogens with one attached hydrogen (secondary N) is 1. The lowest BCUT2D eigenvalue weighted by molar-refractivity contribution is -0.159. The number of amides is 1. The summed E-state index contributed by atoms with van der Waals surface area (Å²) in [5.41, 5.74) is 0. The molecule has 1 aromatic heterocycles. The molecule has 0 radical (unpaired) electrons. The fraction of sp³-hybridized carbons (Fsp3) is 0.750. The summed E-state index contributed by atoms with van der Waals surface area (Å²) in [6.45, 7) is 0.0754. The lowest BCUT2D eigenvalue weighted by Crippen LogP contribution is -2.60. The summed E-state index contributed by atoms with van der Waals surface area (Å²) in [5.74, 6) is -2.99. The predicted molar refractivity (Wildman–Crippen MR) is 113 cm³/mol. The highest BCUT2D eigenvalue weighted by Gasteiger charge is 2.48. The van der Waals surface area contributed by atoms with E-state index >= 15 is 0 Å². The van der Waals surface area contributed by atoms with Gasteiger partial charge in [0, 0.05) is 37.4 Å². The van der Waals surface area contributed by atoms with Gasteiger partial charge in [-0.2, -0.15) is 0 Å². The number of alkyl halides is 2. The highest BCUT2D eigenvalue weighted by molar-refractivity contribution is 7.88. The van der Waals surface area contributed by atoms with Gasteiger partial charge in [-0.3, -0.25) is 4.79 Å². The van der Waals surface area contributed by atoms with Gasteiger partial charge in [-0.05, 0) is 38.2 Å². The zero-order valence-electron chi connectivity index (χ0n) is 18.0. The molecule has 1 aromatic rings. The van der Waals surface area contributed by atoms with Gasteiger partial charge in [-0.15, -0.1) is 0 Å². The van der Waals surface area contributed by atoms with Crippen LogP contribution in [0.4, 0.5) is 14.7 Å². The van der Waals surface area contributed by atoms with Gasteiger partial charge in [-0.25, -0.2) is 31.9 Å². The van der Waals surface area contributed by atoms with Crippen LogP contribution in [0, 0.1) is 5.92 Å². The van der Waals surface area contributed by atoms with Gasteiger partial charge in [0.25, 0.3) is 5.92 Å². The molecule has 3 atom stereocenters. The molecule has 178 valence electrons. The largest absolute Gasteiger partial charge is 0.370 e. The molecule has 0 aromatic carbocycles. The van der Waals surface area contributed by atoms with Crippen molar-refractivity contribution in [3.63, 3.8) is 0 Å². The summed E-state index contributed by atoms with van der Waals surface area (Å²) in [5, 5.41) is 0. The molecular weight excluding hydrogens is 444 g/mol. The lowest BCUT2D eigenvalue weighted by Gasteiger charge is -2.43. The number of ether oxygens (including phenoxy) is 1. The van der Waals surface area contributed by atoms with E-state index in [1.54, 1.807) is 11.0 Å². The van der Waals surface area contributed by atoms with Gasteiger partial charge in [0.2, 0.25) is 21.9 Å². The van der Waals surface area contributed by atoms with Crippen LogP contribution in [-0.4, -0.2) is 85.8 Å². The van der Waals surface area contributed by atoms with E-state index in [0.717, 1.165) is 19.1 Å². The topological polar surface area (TPSA) is 105 Å². The average molecular weight is 474 g/mol. The standard InChI is InChI=1S/C20H29F2N5O4S/c1-32(29,30)25-15-4-2-10-27(18(28)14-5-6-14)16(15)12-31-17-7-11-26(13-20(17,21)22)19-23-8-3-9-24-19/h3,8-9,14-17,25H,2,4-7,10-13H2,1H3. The van der Waals surface area contributed by atoms with E-state index in [-0.39, 0.29) is 30.8 Å². The first-order valence-electron chi connectivity index (χ1n) is 10.9. The second-order valence-corrected chi connectivity index (χ2v) is 10.6. The first-order chi connectivity index (χ1) is 15.1. The molecule has 1 N–H and O–H groups in total. The minimum atomic E-state index is -3.53. The number of sulfonamides is 1. The quantitative estimate of drug-likeness (QED) is 0.631. The number of halogens is 2. The molecule has 2 saturated heterocycles. The number of anilines is 1. The normalized spacial score (nSPS) is 28.5. The van der Waals surface area contributed by atoms with Crippen LogP contribution in [-0.2, 0) is 19.6 Å². The highest BCUT2D eigenvalue weighted by atomic mass is 32.2. The van der Waals surface area contributed by atoms with Crippen molar-refractivity contribution in [1.82, 2.24) is 19.6 Å². The molecule has 3 unspecified atom stereocenters. The Balaban J connectivity index is 1.44. The second kappa shape index (κ2) is 9.14. The van der Waals surface area contributed by atoms with Crippen molar-refractivity contribution < 1.29 is 26.7 Å². The van der Waals surface area contributed by atoms with Gasteiger partial charge in [-0.1, -0.05) is 0 Å². The predicted octanol–water partition coefficient (Wildman–Crippen LogP) is 1.03. The number of piperidine rings is 2. The molecule has 32 heavy (non-hydrogen) atoms. The maximum Gasteiger partial charge on any atom is 0.290 e. The summed E-state index contributed by atoms with van der Waals surface area (Å²) in [6, 6.07) is 0.447. The molecule has 9 nitrogen and oxygen atoms in total. The third-order valence-electron chi connectivity index (χ3n) is 6.19. The number of rotatable bonds is 7. The number of aromatic nitrogens is 2. The van der Waals surface area contributed by atoms with Crippen molar-refractivity contribution in [2.75, 3.05) is 37.4 Å². The number of carbonyl (C=O) groups is 1. The molecule has 1 saturated carbocycles. The van der Waals surface area contributed by atoms with E-state index < -0.39 is 40.7 Å². The Hall–Kier alpha value is -1.92. The van der Waals surface area contributed by atoms with Crippen molar-refractivity contribution in [1.29, 1.82) is 0 Å². The number of carbonyl (C=O) groups excluding carboxylic acids is 1. The maximum absolute atomic E-state index is 14.9. The molecule has 12 heteroatoms. The Morgan fingerprint density at radius 1 is 1.22 bits per heavy atom. The van der Waals surface area contributed by atoms with Crippen LogP contribution >= 0.6 is 0 Å². The van der Waals surface area contributed by atoms with Gasteiger partial charge in [0.05, 0.1) is 25.4 Å². The molecule has 3 aliphatic rings. The Labute approximate surface area is 186 Å². The number of hydrogen-bond donors (Lipinski definition) is 1. The smallest absolute Gasteiger partial charge is 0.290 e. The SMILES string of the molecule is CS(=O)(=O)NC1CCCN(C(=O)C2CC2)C1COC1CCN(c2ncccn2)CC1(F)F. The van der Waals surface area contributed by atoms with E-state index in [4.69, 9.17) is 4.74 Å². The van der Waals surface area contributed by atoms with Crippen molar-refractivity contribution in [2.45, 2.75) is 56.2 Å². The molecule has 2 aliphatic heterocycles. The van der Waals surface area contributed by atoms with Crippen LogP contribution in [0.25, 0.3) is 0 Å². The van der Waals surface area contributed by atoms with Gasteiger partial charge in [0.1, 0.15) is 6.10 Å². The minimum Gasteiger partial charge on any atom is -0.370 e. The third-order valence-corrected chi connectivity index (χ3v) is 6.92. The first-order valence-corrected chi connectivity index (χ1v) is 12.8. The summed E-state index contributed by atoms with van der Waals surface area (Å²) < 4.78 is 61.8. The minimum absolute atomic E-state index is 0.0404. The van der Waals surface area contributed by atoms with Crippen LogP contribution in [0.3, 0.4) is 0 Å². The fourth-order valence-electron chi connectivity index (χ4n) is 4.48. The van der Waals surface area contributed by atoms with Crippen molar-refractivity contribution in [3.8, 4) is 0 Å². The van der Waals surface area contributed by atoms with Crippen molar-refractivity contribution >= 4 is 21.9 Å². The van der Waals surface area contributed by atoms with Gasteiger partial charge < -0.3 is 14.5 Å². The van der Waals surface area contributed by atoms with Crippen LogP contribution in [0.1, 0.15) is 32.1 Å².